The van der Waals surface area contributed by atoms with Gasteiger partial charge in [0, 0.05) is 28.9 Å². The molecule has 0 fully saturated rings. The van der Waals surface area contributed by atoms with Crippen LogP contribution in [0.3, 0.4) is 0 Å². The Bertz CT molecular complexity index is 1050. The lowest BCUT2D eigenvalue weighted by Crippen LogP contribution is -2.06. The minimum Gasteiger partial charge on any atom is -0.460 e. The number of nitriles is 1. The second kappa shape index (κ2) is 6.17. The summed E-state index contributed by atoms with van der Waals surface area (Å²) in [7, 11) is 0. The number of benzene rings is 2. The number of para-hydroxylation sites is 1. The first-order valence-electron chi connectivity index (χ1n) is 7.69. The van der Waals surface area contributed by atoms with Gasteiger partial charge >= 0.3 is 0 Å². The fraction of sp³-hybridized carbons (Fsp3) is 0.0500. The zero-order valence-electron chi connectivity index (χ0n) is 13.1. The first-order chi connectivity index (χ1) is 12.3. The van der Waals surface area contributed by atoms with Crippen LogP contribution in [-0.2, 0) is 0 Å². The standard InChI is InChI=1S/C20H12FN3O/c21-17-7-13(9-22)5-6-16(17)20(15-10-23-12-24-11-15)19-8-14-3-1-2-4-18(14)25-19/h1-8,10-12,20H. The summed E-state index contributed by atoms with van der Waals surface area (Å²) in [5.41, 5.74) is 2.13. The van der Waals surface area contributed by atoms with Gasteiger partial charge in [-0.15, -0.1) is 0 Å². The number of furan rings is 1. The van der Waals surface area contributed by atoms with E-state index < -0.39 is 11.7 Å². The van der Waals surface area contributed by atoms with Crippen LogP contribution in [0.5, 0.6) is 0 Å². The van der Waals surface area contributed by atoms with E-state index in [0.717, 1.165) is 11.0 Å². The molecular weight excluding hydrogens is 317 g/mol. The van der Waals surface area contributed by atoms with Crippen molar-refractivity contribution in [3.05, 3.63) is 95.5 Å². The first-order valence-corrected chi connectivity index (χ1v) is 7.69. The average Bonchev–Trinajstić information content (AvgIpc) is 3.07. The molecule has 4 aromatic rings. The first kappa shape index (κ1) is 15.0. The van der Waals surface area contributed by atoms with Gasteiger partial charge in [0.2, 0.25) is 0 Å². The summed E-state index contributed by atoms with van der Waals surface area (Å²) in [4.78, 5) is 8.09. The van der Waals surface area contributed by atoms with Crippen LogP contribution in [0.25, 0.3) is 11.0 Å². The summed E-state index contributed by atoms with van der Waals surface area (Å²) in [5.74, 6) is -0.366. The molecule has 0 saturated heterocycles. The summed E-state index contributed by atoms with van der Waals surface area (Å²) in [5, 5.41) is 9.90. The average molecular weight is 329 g/mol. The van der Waals surface area contributed by atoms with Crippen molar-refractivity contribution in [2.75, 3.05) is 0 Å². The van der Waals surface area contributed by atoms with Crippen molar-refractivity contribution in [2.45, 2.75) is 5.92 Å². The van der Waals surface area contributed by atoms with Gasteiger partial charge in [0.1, 0.15) is 23.5 Å². The number of hydrogen-bond donors (Lipinski definition) is 0. The third kappa shape index (κ3) is 2.74. The molecule has 0 N–H and O–H groups in total. The zero-order chi connectivity index (χ0) is 17.2. The molecule has 0 bridgehead atoms. The highest BCUT2D eigenvalue weighted by molar-refractivity contribution is 5.78. The molecular formula is C20H12FN3O. The molecule has 4 nitrogen and oxygen atoms in total. The Morgan fingerprint density at radius 1 is 1.04 bits per heavy atom. The van der Waals surface area contributed by atoms with Gasteiger partial charge in [0.05, 0.1) is 17.6 Å². The van der Waals surface area contributed by atoms with Crippen molar-refractivity contribution in [3.63, 3.8) is 0 Å². The Labute approximate surface area is 143 Å². The van der Waals surface area contributed by atoms with Crippen molar-refractivity contribution >= 4 is 11.0 Å². The number of halogens is 1. The van der Waals surface area contributed by atoms with E-state index in [1.807, 2.05) is 36.4 Å². The van der Waals surface area contributed by atoms with Crippen LogP contribution in [0.2, 0.25) is 0 Å². The lowest BCUT2D eigenvalue weighted by molar-refractivity contribution is 0.526. The van der Waals surface area contributed by atoms with Gasteiger partial charge in [0.15, 0.2) is 0 Å². The molecule has 25 heavy (non-hydrogen) atoms. The van der Waals surface area contributed by atoms with Crippen LogP contribution in [0.4, 0.5) is 4.39 Å². The molecule has 2 aromatic carbocycles. The van der Waals surface area contributed by atoms with E-state index in [2.05, 4.69) is 9.97 Å². The van der Waals surface area contributed by atoms with Crippen LogP contribution in [0.1, 0.15) is 28.4 Å². The third-order valence-electron chi connectivity index (χ3n) is 4.08. The highest BCUT2D eigenvalue weighted by atomic mass is 19.1. The number of aromatic nitrogens is 2. The molecule has 5 heteroatoms. The smallest absolute Gasteiger partial charge is 0.134 e. The van der Waals surface area contributed by atoms with Gasteiger partial charge in [-0.3, -0.25) is 0 Å². The van der Waals surface area contributed by atoms with Crippen molar-refractivity contribution in [1.29, 1.82) is 5.26 Å². The normalized spacial score (nSPS) is 12.0. The van der Waals surface area contributed by atoms with Crippen LogP contribution < -0.4 is 0 Å². The van der Waals surface area contributed by atoms with Crippen molar-refractivity contribution in [1.82, 2.24) is 9.97 Å². The lowest BCUT2D eigenvalue weighted by atomic mass is 9.90. The predicted octanol–water partition coefficient (Wildman–Crippen LogP) is 4.41. The molecule has 120 valence electrons. The largest absolute Gasteiger partial charge is 0.460 e. The number of fused-ring (bicyclic) bond motifs is 1. The molecule has 0 radical (unpaired) electrons. The Kier molecular flexibility index (Phi) is 3.71. The van der Waals surface area contributed by atoms with E-state index in [0.29, 0.717) is 16.9 Å². The molecule has 1 unspecified atom stereocenters. The highest BCUT2D eigenvalue weighted by Gasteiger charge is 2.24. The third-order valence-corrected chi connectivity index (χ3v) is 4.08. The molecule has 0 aliphatic rings. The zero-order valence-corrected chi connectivity index (χ0v) is 13.1. The van der Waals surface area contributed by atoms with Gasteiger partial charge < -0.3 is 4.42 Å². The maximum Gasteiger partial charge on any atom is 0.134 e. The van der Waals surface area contributed by atoms with Crippen LogP contribution in [0.15, 0.2) is 71.7 Å². The minimum absolute atomic E-state index is 0.272. The Balaban J connectivity index is 1.92. The Morgan fingerprint density at radius 3 is 2.56 bits per heavy atom. The maximum atomic E-state index is 14.7. The van der Waals surface area contributed by atoms with E-state index in [9.17, 15) is 4.39 Å². The van der Waals surface area contributed by atoms with Crippen molar-refractivity contribution in [2.24, 2.45) is 0 Å². The molecule has 0 aliphatic carbocycles. The topological polar surface area (TPSA) is 62.7 Å². The quantitative estimate of drug-likeness (QED) is 0.558. The number of nitrogens with zero attached hydrogens (tertiary/aromatic N) is 3. The number of rotatable bonds is 3. The van der Waals surface area contributed by atoms with E-state index in [4.69, 9.17) is 9.68 Å². The van der Waals surface area contributed by atoms with Crippen LogP contribution in [-0.4, -0.2) is 9.97 Å². The lowest BCUT2D eigenvalue weighted by Gasteiger charge is -2.16. The van der Waals surface area contributed by atoms with Gasteiger partial charge in [-0.25, -0.2) is 14.4 Å². The predicted molar refractivity (Wildman–Crippen MR) is 90.3 cm³/mol. The Hall–Kier alpha value is -3.52. The van der Waals surface area contributed by atoms with Gasteiger partial charge in [-0.05, 0) is 24.3 Å². The minimum atomic E-state index is -0.499. The molecule has 1 atom stereocenters. The van der Waals surface area contributed by atoms with Gasteiger partial charge in [-0.2, -0.15) is 5.26 Å². The summed E-state index contributed by atoms with van der Waals surface area (Å²) >= 11 is 0. The Morgan fingerprint density at radius 2 is 1.84 bits per heavy atom. The fourth-order valence-electron chi connectivity index (χ4n) is 2.93. The van der Waals surface area contributed by atoms with E-state index in [-0.39, 0.29) is 5.56 Å². The van der Waals surface area contributed by atoms with Gasteiger partial charge in [-0.1, -0.05) is 24.3 Å². The van der Waals surface area contributed by atoms with Crippen LogP contribution in [0, 0.1) is 17.1 Å². The fourth-order valence-corrected chi connectivity index (χ4v) is 2.93. The second-order valence-electron chi connectivity index (χ2n) is 5.64. The molecule has 2 heterocycles. The maximum absolute atomic E-state index is 14.7. The summed E-state index contributed by atoms with van der Waals surface area (Å²) in [6.45, 7) is 0. The molecule has 0 spiro atoms. The van der Waals surface area contributed by atoms with E-state index in [1.165, 1.54) is 12.4 Å². The summed E-state index contributed by atoms with van der Waals surface area (Å²) < 4.78 is 20.6. The second-order valence-corrected chi connectivity index (χ2v) is 5.64. The van der Waals surface area contributed by atoms with Crippen LogP contribution >= 0.6 is 0 Å². The molecule has 4 rings (SSSR count). The highest BCUT2D eigenvalue weighted by Crippen LogP contribution is 2.36. The molecule has 0 saturated carbocycles. The summed E-state index contributed by atoms with van der Waals surface area (Å²) in [6.07, 6.45) is 4.71. The number of hydrogen-bond acceptors (Lipinski definition) is 4. The molecule has 0 aliphatic heterocycles. The molecule has 2 aromatic heterocycles. The SMILES string of the molecule is N#Cc1ccc(C(c2cncnc2)c2cc3ccccc3o2)c(F)c1. The van der Waals surface area contributed by atoms with Gasteiger partial charge in [0.25, 0.3) is 0 Å². The summed E-state index contributed by atoms with van der Waals surface area (Å²) in [6, 6.07) is 15.9. The van der Waals surface area contributed by atoms with Crippen molar-refractivity contribution in [3.8, 4) is 6.07 Å². The van der Waals surface area contributed by atoms with Crippen molar-refractivity contribution < 1.29 is 8.81 Å². The molecule has 0 amide bonds. The van der Waals surface area contributed by atoms with E-state index in [1.54, 1.807) is 24.5 Å². The monoisotopic (exact) mass is 329 g/mol. The van der Waals surface area contributed by atoms with E-state index >= 15 is 0 Å².